The summed E-state index contributed by atoms with van der Waals surface area (Å²) in [5.41, 5.74) is 2.94. The molecule has 1 heterocycles. The summed E-state index contributed by atoms with van der Waals surface area (Å²) >= 11 is 0. The van der Waals surface area contributed by atoms with Gasteiger partial charge in [0.2, 0.25) is 0 Å². The van der Waals surface area contributed by atoms with E-state index in [1.165, 1.54) is 5.56 Å². The largest absolute Gasteiger partial charge is 0.357 e. The van der Waals surface area contributed by atoms with Crippen LogP contribution in [-0.2, 0) is 13.0 Å². The lowest BCUT2D eigenvalue weighted by Crippen LogP contribution is -2.38. The van der Waals surface area contributed by atoms with Crippen molar-refractivity contribution in [3.63, 3.8) is 0 Å². The molecule has 0 atom stereocenters. The van der Waals surface area contributed by atoms with Gasteiger partial charge in [-0.15, -0.1) is 0 Å². The van der Waals surface area contributed by atoms with Crippen LogP contribution in [0, 0.1) is 0 Å². The molecule has 0 spiro atoms. The first-order chi connectivity index (χ1) is 12.6. The van der Waals surface area contributed by atoms with E-state index in [1.807, 2.05) is 43.5 Å². The second-order valence-corrected chi connectivity index (χ2v) is 6.13. The molecule has 2 aromatic rings. The molecule has 138 valence electrons. The molecule has 6 nitrogen and oxygen atoms in total. The highest BCUT2D eigenvalue weighted by atomic mass is 16.2. The minimum atomic E-state index is 0.00505. The first-order valence-electron chi connectivity index (χ1n) is 8.82. The van der Waals surface area contributed by atoms with Gasteiger partial charge in [0.15, 0.2) is 5.96 Å². The molecule has 0 saturated carbocycles. The molecule has 2 N–H and O–H groups in total. The van der Waals surface area contributed by atoms with Crippen LogP contribution in [0.2, 0.25) is 0 Å². The standard InChI is InChI=1S/C20H27N5O/c1-4-22-20(23-13-11-16-6-5-12-21-14-16)24-15-17-7-9-18(10-8-17)19(26)25(2)3/h5-10,12,14H,4,11,13,15H2,1-3H3,(H2,22,23,24). The minimum absolute atomic E-state index is 0.00505. The Kier molecular flexibility index (Phi) is 7.61. The molecule has 0 unspecified atom stereocenters. The number of hydrogen-bond donors (Lipinski definition) is 2. The van der Waals surface area contributed by atoms with Gasteiger partial charge < -0.3 is 15.5 Å². The van der Waals surface area contributed by atoms with Crippen molar-refractivity contribution in [2.75, 3.05) is 27.2 Å². The monoisotopic (exact) mass is 353 g/mol. The van der Waals surface area contributed by atoms with Gasteiger partial charge in [-0.2, -0.15) is 0 Å². The highest BCUT2D eigenvalue weighted by molar-refractivity contribution is 5.93. The molecule has 1 amide bonds. The lowest BCUT2D eigenvalue weighted by molar-refractivity contribution is 0.0827. The molecule has 1 aromatic carbocycles. The van der Waals surface area contributed by atoms with Gasteiger partial charge in [0.25, 0.3) is 5.91 Å². The Balaban J connectivity index is 1.90. The molecule has 0 aliphatic heterocycles. The van der Waals surface area contributed by atoms with E-state index in [1.54, 1.807) is 25.2 Å². The van der Waals surface area contributed by atoms with Crippen LogP contribution in [0.3, 0.4) is 0 Å². The van der Waals surface area contributed by atoms with Crippen molar-refractivity contribution >= 4 is 11.9 Å². The predicted molar refractivity (Wildman–Crippen MR) is 105 cm³/mol. The average Bonchev–Trinajstić information content (AvgIpc) is 2.66. The molecule has 6 heteroatoms. The summed E-state index contributed by atoms with van der Waals surface area (Å²) in [6.07, 6.45) is 4.54. The van der Waals surface area contributed by atoms with Crippen LogP contribution in [0.25, 0.3) is 0 Å². The fourth-order valence-electron chi connectivity index (χ4n) is 2.39. The SMILES string of the molecule is CCNC(=NCc1ccc(C(=O)N(C)C)cc1)NCCc1cccnc1. The van der Waals surface area contributed by atoms with Crippen molar-refractivity contribution in [2.45, 2.75) is 19.9 Å². The third-order valence-electron chi connectivity index (χ3n) is 3.80. The molecular weight excluding hydrogens is 326 g/mol. The van der Waals surface area contributed by atoms with Gasteiger partial charge in [-0.1, -0.05) is 18.2 Å². The van der Waals surface area contributed by atoms with E-state index >= 15 is 0 Å². The number of nitrogens with zero attached hydrogens (tertiary/aromatic N) is 3. The first-order valence-corrected chi connectivity index (χ1v) is 8.82. The first kappa shape index (κ1) is 19.4. The number of hydrogen-bond acceptors (Lipinski definition) is 3. The van der Waals surface area contributed by atoms with Gasteiger partial charge in [-0.3, -0.25) is 9.78 Å². The van der Waals surface area contributed by atoms with Crippen molar-refractivity contribution in [3.8, 4) is 0 Å². The Morgan fingerprint density at radius 1 is 1.12 bits per heavy atom. The van der Waals surface area contributed by atoms with Crippen molar-refractivity contribution in [1.29, 1.82) is 0 Å². The number of carbonyl (C=O) groups is 1. The normalized spacial score (nSPS) is 11.1. The molecule has 0 radical (unpaired) electrons. The molecule has 0 aliphatic rings. The number of aromatic nitrogens is 1. The fraction of sp³-hybridized carbons (Fsp3) is 0.350. The topological polar surface area (TPSA) is 69.6 Å². The molecule has 0 bridgehead atoms. The maximum Gasteiger partial charge on any atom is 0.253 e. The van der Waals surface area contributed by atoms with Crippen molar-refractivity contribution < 1.29 is 4.79 Å². The van der Waals surface area contributed by atoms with Gasteiger partial charge in [-0.05, 0) is 42.7 Å². The smallest absolute Gasteiger partial charge is 0.253 e. The van der Waals surface area contributed by atoms with Crippen LogP contribution in [-0.4, -0.2) is 48.9 Å². The second kappa shape index (κ2) is 10.2. The lowest BCUT2D eigenvalue weighted by Gasteiger charge is -2.12. The van der Waals surface area contributed by atoms with Gasteiger partial charge >= 0.3 is 0 Å². The van der Waals surface area contributed by atoms with E-state index < -0.39 is 0 Å². The zero-order valence-corrected chi connectivity index (χ0v) is 15.7. The molecule has 0 fully saturated rings. The van der Waals surface area contributed by atoms with E-state index in [0.29, 0.717) is 12.1 Å². The van der Waals surface area contributed by atoms with E-state index in [9.17, 15) is 4.79 Å². The van der Waals surface area contributed by atoms with Crippen molar-refractivity contribution in [2.24, 2.45) is 4.99 Å². The predicted octanol–water partition coefficient (Wildman–Crippen LogP) is 2.08. The number of rotatable bonds is 7. The second-order valence-electron chi connectivity index (χ2n) is 6.13. The summed E-state index contributed by atoms with van der Waals surface area (Å²) in [6.45, 7) is 4.18. The van der Waals surface area contributed by atoms with Crippen LogP contribution < -0.4 is 10.6 Å². The van der Waals surface area contributed by atoms with Crippen molar-refractivity contribution in [3.05, 3.63) is 65.5 Å². The van der Waals surface area contributed by atoms with Gasteiger partial charge in [-0.25, -0.2) is 4.99 Å². The number of aliphatic imine (C=N–C) groups is 1. The molecular formula is C20H27N5O. The van der Waals surface area contributed by atoms with Crippen LogP contribution in [0.5, 0.6) is 0 Å². The third kappa shape index (κ3) is 6.20. The Labute approximate surface area is 155 Å². The van der Waals surface area contributed by atoms with Crippen LogP contribution in [0.1, 0.15) is 28.4 Å². The maximum atomic E-state index is 11.9. The third-order valence-corrected chi connectivity index (χ3v) is 3.80. The zero-order valence-electron chi connectivity index (χ0n) is 15.7. The minimum Gasteiger partial charge on any atom is -0.357 e. The molecule has 2 rings (SSSR count). The zero-order chi connectivity index (χ0) is 18.8. The number of nitrogens with one attached hydrogen (secondary N) is 2. The highest BCUT2D eigenvalue weighted by Gasteiger charge is 2.07. The number of carbonyl (C=O) groups excluding carboxylic acids is 1. The summed E-state index contributed by atoms with van der Waals surface area (Å²) < 4.78 is 0. The number of pyridine rings is 1. The number of amides is 1. The van der Waals surface area contributed by atoms with E-state index in [4.69, 9.17) is 0 Å². The van der Waals surface area contributed by atoms with Gasteiger partial charge in [0.1, 0.15) is 0 Å². The van der Waals surface area contributed by atoms with E-state index in [0.717, 1.165) is 31.0 Å². The van der Waals surface area contributed by atoms with E-state index in [2.05, 4.69) is 26.7 Å². The molecule has 1 aromatic heterocycles. The molecule has 0 saturated heterocycles. The maximum absolute atomic E-state index is 11.9. The lowest BCUT2D eigenvalue weighted by atomic mass is 10.1. The summed E-state index contributed by atoms with van der Waals surface area (Å²) in [7, 11) is 3.50. The fourth-order valence-corrected chi connectivity index (χ4v) is 2.39. The summed E-state index contributed by atoms with van der Waals surface area (Å²) in [5.74, 6) is 0.787. The number of benzene rings is 1. The van der Waals surface area contributed by atoms with Gasteiger partial charge in [0.05, 0.1) is 6.54 Å². The summed E-state index contributed by atoms with van der Waals surface area (Å²) in [6, 6.07) is 11.6. The highest BCUT2D eigenvalue weighted by Crippen LogP contribution is 2.07. The molecule has 0 aliphatic carbocycles. The van der Waals surface area contributed by atoms with Crippen LogP contribution in [0.15, 0.2) is 53.8 Å². The Hall–Kier alpha value is -2.89. The van der Waals surface area contributed by atoms with Gasteiger partial charge in [0, 0.05) is 45.1 Å². The van der Waals surface area contributed by atoms with Crippen molar-refractivity contribution in [1.82, 2.24) is 20.5 Å². The number of guanidine groups is 1. The summed E-state index contributed by atoms with van der Waals surface area (Å²) in [5, 5.41) is 6.58. The Bertz CT molecular complexity index is 711. The summed E-state index contributed by atoms with van der Waals surface area (Å²) in [4.78, 5) is 22.2. The van der Waals surface area contributed by atoms with Crippen LogP contribution >= 0.6 is 0 Å². The molecule has 26 heavy (non-hydrogen) atoms. The quantitative estimate of drug-likeness (QED) is 0.591. The Morgan fingerprint density at radius 3 is 2.50 bits per heavy atom. The van der Waals surface area contributed by atoms with E-state index in [-0.39, 0.29) is 5.91 Å². The Morgan fingerprint density at radius 2 is 1.88 bits per heavy atom. The average molecular weight is 353 g/mol. The van der Waals surface area contributed by atoms with Crippen LogP contribution in [0.4, 0.5) is 0 Å².